The second kappa shape index (κ2) is 8.61. The third-order valence-corrected chi connectivity index (χ3v) is 4.89. The molecule has 0 radical (unpaired) electrons. The minimum atomic E-state index is -0.341. The molecular formula is C24H21FN2O2. The minimum absolute atomic E-state index is 0.00196. The Labute approximate surface area is 168 Å². The number of ether oxygens (including phenoxy) is 1. The molecule has 3 aromatic carbocycles. The number of hydrogen-bond donors (Lipinski definition) is 2. The predicted octanol–water partition coefficient (Wildman–Crippen LogP) is 4.63. The van der Waals surface area contributed by atoms with Gasteiger partial charge in [-0.1, -0.05) is 48.5 Å². The van der Waals surface area contributed by atoms with E-state index < -0.39 is 0 Å². The van der Waals surface area contributed by atoms with Crippen LogP contribution in [0.15, 0.2) is 85.1 Å². The summed E-state index contributed by atoms with van der Waals surface area (Å²) in [5.41, 5.74) is 3.32. The average molecular weight is 388 g/mol. The van der Waals surface area contributed by atoms with Crippen LogP contribution in [0.2, 0.25) is 0 Å². The lowest BCUT2D eigenvalue weighted by atomic mass is 9.91. The number of H-pyrrole nitrogens is 1. The summed E-state index contributed by atoms with van der Waals surface area (Å²) in [5, 5.41) is 4.10. The third-order valence-electron chi connectivity index (χ3n) is 4.89. The van der Waals surface area contributed by atoms with Gasteiger partial charge < -0.3 is 15.0 Å². The first kappa shape index (κ1) is 18.7. The van der Waals surface area contributed by atoms with E-state index in [0.29, 0.717) is 12.3 Å². The summed E-state index contributed by atoms with van der Waals surface area (Å²) in [4.78, 5) is 15.6. The highest BCUT2D eigenvalue weighted by molar-refractivity contribution is 5.84. The van der Waals surface area contributed by atoms with Gasteiger partial charge >= 0.3 is 0 Å². The Morgan fingerprint density at radius 3 is 2.48 bits per heavy atom. The van der Waals surface area contributed by atoms with Crippen molar-refractivity contribution in [2.24, 2.45) is 0 Å². The molecule has 1 heterocycles. The van der Waals surface area contributed by atoms with Crippen molar-refractivity contribution < 1.29 is 13.9 Å². The van der Waals surface area contributed by atoms with Gasteiger partial charge in [-0.25, -0.2) is 4.39 Å². The van der Waals surface area contributed by atoms with Crippen LogP contribution in [0, 0.1) is 5.82 Å². The lowest BCUT2D eigenvalue weighted by Crippen LogP contribution is -2.32. The molecule has 0 unspecified atom stereocenters. The molecular weight excluding hydrogens is 367 g/mol. The summed E-state index contributed by atoms with van der Waals surface area (Å²) in [7, 11) is 0. The standard InChI is InChI=1S/C24H21FN2O2/c25-18-10-12-19(13-11-18)29-16-24(28)27-14-21(17-6-2-1-3-7-17)22-15-26-23-9-5-4-8-20(22)23/h1-13,15,21,26H,14,16H2,(H,27,28)/t21-/m0/s1. The van der Waals surface area contributed by atoms with Crippen LogP contribution >= 0.6 is 0 Å². The average Bonchev–Trinajstić information content (AvgIpc) is 3.18. The molecule has 0 saturated heterocycles. The first-order chi connectivity index (χ1) is 14.2. The van der Waals surface area contributed by atoms with Gasteiger partial charge in [0.15, 0.2) is 6.61 Å². The van der Waals surface area contributed by atoms with Gasteiger partial charge in [0.1, 0.15) is 11.6 Å². The molecule has 1 aromatic heterocycles. The number of aromatic amines is 1. The SMILES string of the molecule is O=C(COc1ccc(F)cc1)NC[C@@H](c1ccccc1)c1c[nH]c2ccccc12. The summed E-state index contributed by atoms with van der Waals surface area (Å²) in [5.74, 6) is -0.110. The number of aromatic nitrogens is 1. The largest absolute Gasteiger partial charge is 0.484 e. The summed E-state index contributed by atoms with van der Waals surface area (Å²) in [6.45, 7) is 0.318. The van der Waals surface area contributed by atoms with Crippen LogP contribution in [0.4, 0.5) is 4.39 Å². The summed E-state index contributed by atoms with van der Waals surface area (Å²) < 4.78 is 18.4. The summed E-state index contributed by atoms with van der Waals surface area (Å²) in [6, 6.07) is 23.8. The number of benzene rings is 3. The maximum absolute atomic E-state index is 13.0. The molecule has 0 fully saturated rings. The summed E-state index contributed by atoms with van der Waals surface area (Å²) in [6.07, 6.45) is 2.00. The molecule has 29 heavy (non-hydrogen) atoms. The van der Waals surface area contributed by atoms with E-state index in [4.69, 9.17) is 4.74 Å². The Morgan fingerprint density at radius 1 is 0.966 bits per heavy atom. The maximum atomic E-state index is 13.0. The van der Waals surface area contributed by atoms with E-state index in [9.17, 15) is 9.18 Å². The molecule has 0 aliphatic heterocycles. The van der Waals surface area contributed by atoms with Gasteiger partial charge in [0.05, 0.1) is 0 Å². The number of nitrogens with one attached hydrogen (secondary N) is 2. The van der Waals surface area contributed by atoms with Crippen LogP contribution in [-0.2, 0) is 4.79 Å². The Hall–Kier alpha value is -3.60. The van der Waals surface area contributed by atoms with Crippen molar-refractivity contribution in [2.75, 3.05) is 13.2 Å². The summed E-state index contributed by atoms with van der Waals surface area (Å²) >= 11 is 0. The second-order valence-corrected chi connectivity index (χ2v) is 6.80. The number of para-hydroxylation sites is 1. The monoisotopic (exact) mass is 388 g/mol. The quantitative estimate of drug-likeness (QED) is 0.485. The zero-order valence-electron chi connectivity index (χ0n) is 15.8. The number of fused-ring (bicyclic) bond motifs is 1. The van der Waals surface area contributed by atoms with Gasteiger partial charge in [0.2, 0.25) is 0 Å². The molecule has 0 bridgehead atoms. The second-order valence-electron chi connectivity index (χ2n) is 6.80. The molecule has 0 spiro atoms. The molecule has 0 aliphatic rings. The van der Waals surface area contributed by atoms with Crippen LogP contribution < -0.4 is 10.1 Å². The lowest BCUT2D eigenvalue weighted by Gasteiger charge is -2.18. The molecule has 1 atom stereocenters. The zero-order chi connectivity index (χ0) is 20.1. The van der Waals surface area contributed by atoms with E-state index >= 15 is 0 Å². The van der Waals surface area contributed by atoms with Gasteiger partial charge in [-0.3, -0.25) is 4.79 Å². The van der Waals surface area contributed by atoms with E-state index in [1.807, 2.05) is 42.6 Å². The highest BCUT2D eigenvalue weighted by Crippen LogP contribution is 2.30. The maximum Gasteiger partial charge on any atom is 0.257 e. The normalized spacial score (nSPS) is 11.9. The van der Waals surface area contributed by atoms with Gasteiger partial charge in [-0.15, -0.1) is 0 Å². The molecule has 0 saturated carbocycles. The van der Waals surface area contributed by atoms with Crippen LogP contribution in [0.25, 0.3) is 10.9 Å². The van der Waals surface area contributed by atoms with E-state index in [-0.39, 0.29) is 24.2 Å². The number of hydrogen-bond acceptors (Lipinski definition) is 2. The van der Waals surface area contributed by atoms with Crippen molar-refractivity contribution in [1.29, 1.82) is 0 Å². The highest BCUT2D eigenvalue weighted by atomic mass is 19.1. The van der Waals surface area contributed by atoms with Crippen molar-refractivity contribution in [3.05, 3.63) is 102 Å². The van der Waals surface area contributed by atoms with Gasteiger partial charge in [-0.2, -0.15) is 0 Å². The van der Waals surface area contributed by atoms with E-state index in [1.165, 1.54) is 24.3 Å². The number of halogens is 1. The molecule has 4 rings (SSSR count). The fourth-order valence-electron chi connectivity index (χ4n) is 3.42. The Morgan fingerprint density at radius 2 is 1.69 bits per heavy atom. The van der Waals surface area contributed by atoms with Crippen molar-refractivity contribution in [3.63, 3.8) is 0 Å². The lowest BCUT2D eigenvalue weighted by molar-refractivity contribution is -0.123. The fraction of sp³-hybridized carbons (Fsp3) is 0.125. The molecule has 1 amide bonds. The zero-order valence-corrected chi connectivity index (χ0v) is 15.8. The molecule has 4 nitrogen and oxygen atoms in total. The smallest absolute Gasteiger partial charge is 0.257 e. The number of carbonyl (C=O) groups excluding carboxylic acids is 1. The van der Waals surface area contributed by atoms with Gasteiger partial charge in [0, 0.05) is 29.6 Å². The Balaban J connectivity index is 1.47. The topological polar surface area (TPSA) is 54.1 Å². The van der Waals surface area contributed by atoms with Gasteiger partial charge in [0.25, 0.3) is 5.91 Å². The number of amides is 1. The third kappa shape index (κ3) is 4.46. The van der Waals surface area contributed by atoms with E-state index in [1.54, 1.807) is 0 Å². The van der Waals surface area contributed by atoms with Crippen molar-refractivity contribution in [1.82, 2.24) is 10.3 Å². The van der Waals surface area contributed by atoms with Crippen LogP contribution in [0.3, 0.4) is 0 Å². The molecule has 2 N–H and O–H groups in total. The van der Waals surface area contributed by atoms with Crippen LogP contribution in [-0.4, -0.2) is 24.0 Å². The van der Waals surface area contributed by atoms with E-state index in [0.717, 1.165) is 22.0 Å². The Kier molecular flexibility index (Phi) is 5.56. The minimum Gasteiger partial charge on any atom is -0.484 e. The number of carbonyl (C=O) groups is 1. The predicted molar refractivity (Wildman–Crippen MR) is 111 cm³/mol. The fourth-order valence-corrected chi connectivity index (χ4v) is 3.42. The van der Waals surface area contributed by atoms with Crippen molar-refractivity contribution in [3.8, 4) is 5.75 Å². The van der Waals surface area contributed by atoms with Crippen LogP contribution in [0.5, 0.6) is 5.75 Å². The van der Waals surface area contributed by atoms with Crippen molar-refractivity contribution >= 4 is 16.8 Å². The van der Waals surface area contributed by atoms with Crippen LogP contribution in [0.1, 0.15) is 17.0 Å². The van der Waals surface area contributed by atoms with E-state index in [2.05, 4.69) is 28.5 Å². The molecule has 5 heteroatoms. The number of rotatable bonds is 7. The van der Waals surface area contributed by atoms with Crippen molar-refractivity contribution in [2.45, 2.75) is 5.92 Å². The highest BCUT2D eigenvalue weighted by Gasteiger charge is 2.19. The molecule has 0 aliphatic carbocycles. The first-order valence-electron chi connectivity index (χ1n) is 9.47. The molecule has 4 aromatic rings. The Bertz CT molecular complexity index is 1090. The first-order valence-corrected chi connectivity index (χ1v) is 9.47. The van der Waals surface area contributed by atoms with Gasteiger partial charge in [-0.05, 0) is 41.5 Å². The molecule has 146 valence electrons.